The van der Waals surface area contributed by atoms with Crippen molar-refractivity contribution in [2.75, 3.05) is 44.5 Å². The molecular weight excluding hydrogens is 432 g/mol. The molecule has 12 heteroatoms. The van der Waals surface area contributed by atoms with Gasteiger partial charge in [-0.2, -0.15) is 4.31 Å². The number of methoxy groups -OCH3 is 1. The molecule has 0 spiro atoms. The van der Waals surface area contributed by atoms with E-state index in [4.69, 9.17) is 9.47 Å². The first kappa shape index (κ1) is 20.8. The van der Waals surface area contributed by atoms with Gasteiger partial charge in [0, 0.05) is 37.3 Å². The zero-order valence-corrected chi connectivity index (χ0v) is 17.8. The topological polar surface area (TPSA) is 120 Å². The Bertz CT molecular complexity index is 1140. The average molecular weight is 453 g/mol. The molecule has 1 amide bonds. The first-order valence-corrected chi connectivity index (χ1v) is 11.6. The third-order valence-corrected chi connectivity index (χ3v) is 7.70. The van der Waals surface area contributed by atoms with Crippen molar-refractivity contribution in [3.8, 4) is 5.75 Å². The van der Waals surface area contributed by atoms with E-state index >= 15 is 0 Å². The molecule has 2 aromatic rings. The maximum Gasteiger partial charge on any atom is 0.267 e. The molecule has 10 nitrogen and oxygen atoms in total. The number of amides is 1. The number of aromatic nitrogens is 2. The quantitative estimate of drug-likeness (QED) is 0.656. The molecule has 1 aromatic heterocycles. The number of anilines is 1. The Morgan fingerprint density at radius 2 is 2.03 bits per heavy atom. The Morgan fingerprint density at radius 1 is 1.27 bits per heavy atom. The van der Waals surface area contributed by atoms with Crippen molar-refractivity contribution in [2.45, 2.75) is 16.6 Å². The molecule has 0 unspecified atom stereocenters. The van der Waals surface area contributed by atoms with Crippen LogP contribution in [0, 0.1) is 0 Å². The molecule has 1 saturated heterocycles. The number of rotatable bonds is 5. The van der Waals surface area contributed by atoms with E-state index in [1.54, 1.807) is 0 Å². The monoisotopic (exact) mass is 452 g/mol. The molecule has 0 atom stereocenters. The van der Waals surface area contributed by atoms with Crippen LogP contribution in [0.15, 0.2) is 39.2 Å². The van der Waals surface area contributed by atoms with Crippen molar-refractivity contribution < 1.29 is 22.7 Å². The number of ether oxygens (including phenoxy) is 2. The van der Waals surface area contributed by atoms with Gasteiger partial charge < -0.3 is 14.8 Å². The van der Waals surface area contributed by atoms with Crippen LogP contribution >= 0.6 is 11.8 Å². The lowest BCUT2D eigenvalue weighted by Gasteiger charge is -2.26. The average Bonchev–Trinajstić information content (AvgIpc) is 3.24. The van der Waals surface area contributed by atoms with Crippen LogP contribution in [0.5, 0.6) is 5.75 Å². The lowest BCUT2D eigenvalue weighted by Crippen LogP contribution is -2.40. The largest absolute Gasteiger partial charge is 0.495 e. The smallest absolute Gasteiger partial charge is 0.267 e. The highest BCUT2D eigenvalue weighted by molar-refractivity contribution is 7.99. The number of hydrogen-bond acceptors (Lipinski definition) is 8. The number of nitrogens with one attached hydrogen (secondary N) is 1. The zero-order valence-electron chi connectivity index (χ0n) is 16.2. The van der Waals surface area contributed by atoms with Crippen molar-refractivity contribution in [3.05, 3.63) is 40.3 Å². The molecule has 2 aliphatic rings. The van der Waals surface area contributed by atoms with Crippen LogP contribution in [0.1, 0.15) is 10.4 Å². The minimum atomic E-state index is -3.85. The summed E-state index contributed by atoms with van der Waals surface area (Å²) < 4.78 is 39.4. The normalized spacial score (nSPS) is 16.8. The van der Waals surface area contributed by atoms with E-state index in [2.05, 4.69) is 10.3 Å². The molecular formula is C18H20N4O6S2. The first-order chi connectivity index (χ1) is 14.4. The standard InChI is InChI=1S/C18H20N4O6S2/c1-27-14-3-2-12(10-15(14)30(25,26)21-4-7-28-8-5-21)20-16(23)13-11-19-18-22(17(13)24)6-9-29-18/h2-3,10-11H,4-9H2,1H3,(H,20,23). The number of hydrogen-bond donors (Lipinski definition) is 1. The van der Waals surface area contributed by atoms with Gasteiger partial charge in [0.1, 0.15) is 16.2 Å². The van der Waals surface area contributed by atoms with Gasteiger partial charge in [-0.1, -0.05) is 11.8 Å². The number of carbonyl (C=O) groups is 1. The van der Waals surface area contributed by atoms with Gasteiger partial charge in [-0.05, 0) is 18.2 Å². The molecule has 0 aliphatic carbocycles. The van der Waals surface area contributed by atoms with Crippen LogP contribution in [-0.4, -0.2) is 67.3 Å². The summed E-state index contributed by atoms with van der Waals surface area (Å²) >= 11 is 1.45. The molecule has 1 fully saturated rings. The number of fused-ring (bicyclic) bond motifs is 1. The minimum absolute atomic E-state index is 0.0649. The summed E-state index contributed by atoms with van der Waals surface area (Å²) in [6.07, 6.45) is 1.25. The number of benzene rings is 1. The second kappa shape index (κ2) is 8.38. The Morgan fingerprint density at radius 3 is 2.77 bits per heavy atom. The Labute approximate surface area is 177 Å². The van der Waals surface area contributed by atoms with Gasteiger partial charge >= 0.3 is 0 Å². The highest BCUT2D eigenvalue weighted by atomic mass is 32.2. The van der Waals surface area contributed by atoms with Gasteiger partial charge in [0.25, 0.3) is 11.5 Å². The zero-order chi connectivity index (χ0) is 21.3. The molecule has 30 heavy (non-hydrogen) atoms. The molecule has 3 heterocycles. The number of nitrogens with zero attached hydrogens (tertiary/aromatic N) is 3. The summed E-state index contributed by atoms with van der Waals surface area (Å²) in [5.74, 6) is 0.240. The Kier molecular flexibility index (Phi) is 5.82. The molecule has 1 N–H and O–H groups in total. The van der Waals surface area contributed by atoms with Gasteiger partial charge in [-0.3, -0.25) is 14.2 Å². The van der Waals surface area contributed by atoms with Crippen molar-refractivity contribution in [3.63, 3.8) is 0 Å². The van der Waals surface area contributed by atoms with Gasteiger partial charge in [0.15, 0.2) is 5.16 Å². The maximum absolute atomic E-state index is 13.1. The molecule has 0 saturated carbocycles. The highest BCUT2D eigenvalue weighted by Gasteiger charge is 2.30. The highest BCUT2D eigenvalue weighted by Crippen LogP contribution is 2.30. The van der Waals surface area contributed by atoms with Crippen molar-refractivity contribution in [2.24, 2.45) is 0 Å². The van der Waals surface area contributed by atoms with Crippen LogP contribution in [0.4, 0.5) is 5.69 Å². The van der Waals surface area contributed by atoms with Gasteiger partial charge in [0.2, 0.25) is 10.0 Å². The number of carbonyl (C=O) groups excluding carboxylic acids is 1. The number of morpholine rings is 1. The summed E-state index contributed by atoms with van der Waals surface area (Å²) in [6, 6.07) is 4.31. The molecule has 160 valence electrons. The minimum Gasteiger partial charge on any atom is -0.495 e. The van der Waals surface area contributed by atoms with E-state index in [-0.39, 0.29) is 35.0 Å². The Hall–Kier alpha value is -2.41. The lowest BCUT2D eigenvalue weighted by molar-refractivity contribution is 0.0729. The van der Waals surface area contributed by atoms with Crippen LogP contribution in [0.3, 0.4) is 0 Å². The fourth-order valence-corrected chi connectivity index (χ4v) is 5.76. The van der Waals surface area contributed by atoms with Crippen molar-refractivity contribution in [1.82, 2.24) is 13.9 Å². The summed E-state index contributed by atoms with van der Waals surface area (Å²) in [5, 5.41) is 3.18. The third kappa shape index (κ3) is 3.83. The van der Waals surface area contributed by atoms with Gasteiger partial charge in [0.05, 0.1) is 20.3 Å². The molecule has 2 aliphatic heterocycles. The third-order valence-electron chi connectivity index (χ3n) is 4.81. The van der Waals surface area contributed by atoms with Crippen LogP contribution in [0.2, 0.25) is 0 Å². The van der Waals surface area contributed by atoms with Crippen LogP contribution in [0.25, 0.3) is 0 Å². The van der Waals surface area contributed by atoms with Crippen LogP contribution in [-0.2, 0) is 21.3 Å². The second-order valence-corrected chi connectivity index (χ2v) is 9.56. The number of thioether (sulfide) groups is 1. The molecule has 1 aromatic carbocycles. The van der Waals surface area contributed by atoms with Gasteiger partial charge in [-0.15, -0.1) is 0 Å². The summed E-state index contributed by atoms with van der Waals surface area (Å²) in [4.78, 5) is 29.3. The molecule has 0 radical (unpaired) electrons. The van der Waals surface area contributed by atoms with Gasteiger partial charge in [-0.25, -0.2) is 13.4 Å². The Balaban J connectivity index is 1.64. The van der Waals surface area contributed by atoms with E-state index in [0.29, 0.717) is 24.9 Å². The van der Waals surface area contributed by atoms with E-state index < -0.39 is 21.5 Å². The fourth-order valence-electron chi connectivity index (χ4n) is 3.25. The summed E-state index contributed by atoms with van der Waals surface area (Å²) in [5.41, 5.74) is -0.293. The predicted molar refractivity (Wildman–Crippen MR) is 110 cm³/mol. The van der Waals surface area contributed by atoms with E-state index in [1.165, 1.54) is 52.1 Å². The number of sulfonamides is 1. The van der Waals surface area contributed by atoms with Crippen LogP contribution < -0.4 is 15.6 Å². The fraction of sp³-hybridized carbons (Fsp3) is 0.389. The summed E-state index contributed by atoms with van der Waals surface area (Å²) in [6.45, 7) is 1.59. The molecule has 4 rings (SSSR count). The van der Waals surface area contributed by atoms with Crippen molar-refractivity contribution in [1.29, 1.82) is 0 Å². The second-order valence-electron chi connectivity index (χ2n) is 6.60. The maximum atomic E-state index is 13.1. The SMILES string of the molecule is COc1ccc(NC(=O)c2cnc3n(c2=O)CCS3)cc1S(=O)(=O)N1CCOCC1. The first-order valence-electron chi connectivity index (χ1n) is 9.22. The van der Waals surface area contributed by atoms with Crippen molar-refractivity contribution >= 4 is 33.4 Å². The summed E-state index contributed by atoms with van der Waals surface area (Å²) in [7, 11) is -2.47. The van der Waals surface area contributed by atoms with E-state index in [9.17, 15) is 18.0 Å². The van der Waals surface area contributed by atoms with E-state index in [0.717, 1.165) is 5.75 Å². The molecule has 0 bridgehead atoms. The predicted octanol–water partition coefficient (Wildman–Crippen LogP) is 0.631. The lowest BCUT2D eigenvalue weighted by atomic mass is 10.2. The van der Waals surface area contributed by atoms with E-state index in [1.807, 2.05) is 0 Å².